The summed E-state index contributed by atoms with van der Waals surface area (Å²) in [5, 5.41) is 3.24. The molecular formula is C17H21Cl2NO5. The number of rotatable bonds is 8. The summed E-state index contributed by atoms with van der Waals surface area (Å²) in [4.78, 5) is 35.4. The molecule has 0 aliphatic rings. The number of halogens is 2. The molecule has 0 saturated heterocycles. The quantitative estimate of drug-likeness (QED) is 0.691. The normalized spacial score (nSPS) is 12.8. The Morgan fingerprint density at radius 1 is 1.20 bits per heavy atom. The zero-order chi connectivity index (χ0) is 19.0. The molecule has 1 amide bonds. The Hall–Kier alpha value is -1.79. The molecule has 0 aliphatic carbocycles. The molecule has 25 heavy (non-hydrogen) atoms. The fourth-order valence-corrected chi connectivity index (χ4v) is 2.35. The average Bonchev–Trinajstić information content (AvgIpc) is 2.59. The van der Waals surface area contributed by atoms with Crippen LogP contribution in [0.3, 0.4) is 0 Å². The lowest BCUT2D eigenvalue weighted by molar-refractivity contribution is -0.150. The molecule has 0 saturated carbocycles. The molecule has 138 valence electrons. The minimum atomic E-state index is -0.781. The molecule has 0 heterocycles. The summed E-state index contributed by atoms with van der Waals surface area (Å²) in [6.07, 6.45) is 0.632. The second-order valence-electron chi connectivity index (χ2n) is 5.54. The summed E-state index contributed by atoms with van der Waals surface area (Å²) >= 11 is 11.7. The highest BCUT2D eigenvalue weighted by molar-refractivity contribution is 6.42. The summed E-state index contributed by atoms with van der Waals surface area (Å²) in [5.41, 5.74) is 0.617. The number of hydrogen-bond acceptors (Lipinski definition) is 5. The number of ether oxygens (including phenoxy) is 2. The Labute approximate surface area is 156 Å². The van der Waals surface area contributed by atoms with Crippen molar-refractivity contribution >= 4 is 41.0 Å². The first-order valence-electron chi connectivity index (χ1n) is 7.75. The lowest BCUT2D eigenvalue weighted by Gasteiger charge is -2.21. The number of carbonyl (C=O) groups is 3. The van der Waals surface area contributed by atoms with Gasteiger partial charge in [-0.3, -0.25) is 9.59 Å². The second-order valence-corrected chi connectivity index (χ2v) is 6.35. The van der Waals surface area contributed by atoms with E-state index < -0.39 is 30.5 Å². The summed E-state index contributed by atoms with van der Waals surface area (Å²) in [6, 6.07) is 4.00. The van der Waals surface area contributed by atoms with Gasteiger partial charge in [0.05, 0.1) is 23.6 Å². The lowest BCUT2D eigenvalue weighted by Crippen LogP contribution is -2.47. The molecule has 6 nitrogen and oxygen atoms in total. The topological polar surface area (TPSA) is 81.7 Å². The number of nitrogens with one attached hydrogen (secondary N) is 1. The minimum absolute atomic E-state index is 0.0457. The van der Waals surface area contributed by atoms with Crippen LogP contribution in [0.15, 0.2) is 18.2 Å². The third-order valence-electron chi connectivity index (χ3n) is 3.68. The Morgan fingerprint density at radius 3 is 2.44 bits per heavy atom. The summed E-state index contributed by atoms with van der Waals surface area (Å²) in [7, 11) is 1.25. The highest BCUT2D eigenvalue weighted by Crippen LogP contribution is 2.22. The third kappa shape index (κ3) is 6.92. The Kier molecular flexibility index (Phi) is 8.72. The van der Waals surface area contributed by atoms with Crippen molar-refractivity contribution in [3.05, 3.63) is 33.8 Å². The summed E-state index contributed by atoms with van der Waals surface area (Å²) in [5.74, 6) is -1.81. The maximum absolute atomic E-state index is 11.9. The zero-order valence-electron chi connectivity index (χ0n) is 14.3. The fraction of sp³-hybridized carbons (Fsp3) is 0.471. The van der Waals surface area contributed by atoms with Crippen LogP contribution >= 0.6 is 23.2 Å². The van der Waals surface area contributed by atoms with E-state index in [9.17, 15) is 14.4 Å². The van der Waals surface area contributed by atoms with Crippen LogP contribution in [-0.4, -0.2) is 37.6 Å². The summed E-state index contributed by atoms with van der Waals surface area (Å²) in [6.45, 7) is 3.23. The van der Waals surface area contributed by atoms with E-state index in [1.54, 1.807) is 18.2 Å². The van der Waals surface area contributed by atoms with Gasteiger partial charge in [0.1, 0.15) is 6.04 Å². The van der Waals surface area contributed by atoms with Gasteiger partial charge in [-0.2, -0.15) is 0 Å². The fourth-order valence-electron chi connectivity index (χ4n) is 2.02. The molecule has 1 N–H and O–H groups in total. The van der Waals surface area contributed by atoms with Crippen molar-refractivity contribution in [1.82, 2.24) is 5.32 Å². The first-order valence-corrected chi connectivity index (χ1v) is 8.50. The Morgan fingerprint density at radius 2 is 1.88 bits per heavy atom. The van der Waals surface area contributed by atoms with Gasteiger partial charge in [0.2, 0.25) is 0 Å². The molecule has 0 radical (unpaired) electrons. The molecule has 0 spiro atoms. The number of carbonyl (C=O) groups excluding carboxylic acids is 3. The largest absolute Gasteiger partial charge is 0.467 e. The van der Waals surface area contributed by atoms with Crippen molar-refractivity contribution < 1.29 is 23.9 Å². The first-order chi connectivity index (χ1) is 11.8. The van der Waals surface area contributed by atoms with Crippen LogP contribution in [0.2, 0.25) is 10.0 Å². The van der Waals surface area contributed by atoms with Gasteiger partial charge in [-0.25, -0.2) is 4.79 Å². The van der Waals surface area contributed by atoms with E-state index in [4.69, 9.17) is 27.9 Å². The van der Waals surface area contributed by atoms with Crippen LogP contribution in [0.4, 0.5) is 0 Å². The van der Waals surface area contributed by atoms with Crippen molar-refractivity contribution in [2.24, 2.45) is 5.92 Å². The molecule has 2 atom stereocenters. The maximum Gasteiger partial charge on any atom is 0.328 e. The molecule has 0 fully saturated rings. The van der Waals surface area contributed by atoms with Crippen molar-refractivity contribution in [2.45, 2.75) is 32.7 Å². The Balaban J connectivity index is 2.52. The van der Waals surface area contributed by atoms with E-state index in [1.165, 1.54) is 7.11 Å². The van der Waals surface area contributed by atoms with Gasteiger partial charge < -0.3 is 14.8 Å². The molecule has 0 aliphatic heterocycles. The predicted octanol–water partition coefficient (Wildman–Crippen LogP) is 2.78. The first kappa shape index (κ1) is 21.3. The van der Waals surface area contributed by atoms with Gasteiger partial charge in [0, 0.05) is 0 Å². The number of amides is 1. The maximum atomic E-state index is 11.9. The molecule has 1 aromatic rings. The molecule has 8 heteroatoms. The highest BCUT2D eigenvalue weighted by atomic mass is 35.5. The van der Waals surface area contributed by atoms with Crippen molar-refractivity contribution in [3.63, 3.8) is 0 Å². The van der Waals surface area contributed by atoms with Gasteiger partial charge in [-0.1, -0.05) is 49.5 Å². The number of methoxy groups -OCH3 is 1. The second kappa shape index (κ2) is 10.3. The molecule has 0 bridgehead atoms. The molecule has 0 aromatic heterocycles. The van der Waals surface area contributed by atoms with Crippen molar-refractivity contribution in [3.8, 4) is 0 Å². The molecular weight excluding hydrogens is 369 g/mol. The van der Waals surface area contributed by atoms with Crippen molar-refractivity contribution in [1.29, 1.82) is 0 Å². The molecule has 0 unspecified atom stereocenters. The van der Waals surface area contributed by atoms with E-state index in [-0.39, 0.29) is 12.3 Å². The number of hydrogen-bond donors (Lipinski definition) is 1. The van der Waals surface area contributed by atoms with Gasteiger partial charge in [0.25, 0.3) is 5.91 Å². The van der Waals surface area contributed by atoms with Gasteiger partial charge in [-0.15, -0.1) is 0 Å². The SMILES string of the molecule is CC[C@@H](C)[C@@H](NC(=O)COC(=O)Cc1ccc(Cl)c(Cl)c1)C(=O)OC. The Bertz CT molecular complexity index is 635. The van der Waals surface area contributed by atoms with E-state index in [0.717, 1.165) is 0 Å². The minimum Gasteiger partial charge on any atom is -0.467 e. The van der Waals surface area contributed by atoms with Crippen LogP contribution < -0.4 is 5.32 Å². The molecule has 1 aromatic carbocycles. The molecule has 1 rings (SSSR count). The number of benzene rings is 1. The van der Waals surface area contributed by atoms with Crippen LogP contribution in [0.25, 0.3) is 0 Å². The van der Waals surface area contributed by atoms with Crippen molar-refractivity contribution in [2.75, 3.05) is 13.7 Å². The van der Waals surface area contributed by atoms with E-state index in [0.29, 0.717) is 22.0 Å². The zero-order valence-corrected chi connectivity index (χ0v) is 15.8. The van der Waals surface area contributed by atoms with Gasteiger partial charge >= 0.3 is 11.9 Å². The van der Waals surface area contributed by atoms with E-state index >= 15 is 0 Å². The third-order valence-corrected chi connectivity index (χ3v) is 4.42. The lowest BCUT2D eigenvalue weighted by atomic mass is 9.99. The van der Waals surface area contributed by atoms with Gasteiger partial charge in [-0.05, 0) is 23.6 Å². The van der Waals surface area contributed by atoms with Crippen LogP contribution in [-0.2, 0) is 30.3 Å². The van der Waals surface area contributed by atoms with Gasteiger partial charge in [0.15, 0.2) is 6.61 Å². The predicted molar refractivity (Wildman–Crippen MR) is 94.5 cm³/mol. The van der Waals surface area contributed by atoms with Crippen LogP contribution in [0, 0.1) is 5.92 Å². The standard InChI is InChI=1S/C17H21Cl2NO5/c1-4-10(2)16(17(23)24-3)20-14(21)9-25-15(22)8-11-5-6-12(18)13(19)7-11/h5-7,10,16H,4,8-9H2,1-3H3,(H,20,21)/t10-,16-/m1/s1. The van der Waals surface area contributed by atoms with Crippen LogP contribution in [0.1, 0.15) is 25.8 Å². The average molecular weight is 390 g/mol. The highest BCUT2D eigenvalue weighted by Gasteiger charge is 2.26. The van der Waals surface area contributed by atoms with Crippen LogP contribution in [0.5, 0.6) is 0 Å². The monoisotopic (exact) mass is 389 g/mol. The number of esters is 2. The summed E-state index contributed by atoms with van der Waals surface area (Å²) < 4.78 is 9.60. The van der Waals surface area contributed by atoms with E-state index in [2.05, 4.69) is 10.1 Å². The smallest absolute Gasteiger partial charge is 0.328 e. The van der Waals surface area contributed by atoms with E-state index in [1.807, 2.05) is 13.8 Å².